The van der Waals surface area contributed by atoms with Crippen LogP contribution in [-0.2, 0) is 5.67 Å². The van der Waals surface area contributed by atoms with Gasteiger partial charge in [0.2, 0.25) is 0 Å². The third kappa shape index (κ3) is 6.12. The van der Waals surface area contributed by atoms with Gasteiger partial charge in [0.15, 0.2) is 0 Å². The van der Waals surface area contributed by atoms with E-state index in [9.17, 15) is 14.0 Å². The maximum atomic E-state index is 14.3. The highest BCUT2D eigenvalue weighted by Crippen LogP contribution is 2.26. The number of pyridine rings is 2. The van der Waals surface area contributed by atoms with Crippen LogP contribution in [0.15, 0.2) is 67.1 Å². The molecule has 0 aliphatic heterocycles. The summed E-state index contributed by atoms with van der Waals surface area (Å²) in [5.74, 6) is -0.720. The highest BCUT2D eigenvalue weighted by atomic mass is 19.1. The second-order valence-corrected chi connectivity index (χ2v) is 8.62. The number of hydrogen-bond acceptors (Lipinski definition) is 6. The van der Waals surface area contributed by atoms with Crippen molar-refractivity contribution in [2.45, 2.75) is 26.4 Å². The first-order chi connectivity index (χ1) is 17.0. The topological polar surface area (TPSA) is 136 Å². The number of halogens is 1. The number of nitrogens with two attached hydrogens (primary N) is 2. The molecule has 0 aliphatic rings. The molecule has 9 heteroatoms. The van der Waals surface area contributed by atoms with Crippen molar-refractivity contribution in [3.8, 4) is 0 Å². The fourth-order valence-electron chi connectivity index (χ4n) is 3.45. The second kappa shape index (κ2) is 10.8. The SMILES string of the molecule is CNC(=O)c1cc(C(/C=C(\N)c2cc(NC(=O)c3ccnc(C(C)(C)F)c3)ccc2C)=C/N)ccn1. The zero-order valence-electron chi connectivity index (χ0n) is 20.6. The molecule has 0 saturated carbocycles. The molecule has 186 valence electrons. The van der Waals surface area contributed by atoms with Crippen LogP contribution in [0.1, 0.15) is 57.1 Å². The van der Waals surface area contributed by atoms with Crippen molar-refractivity contribution < 1.29 is 14.0 Å². The van der Waals surface area contributed by atoms with Gasteiger partial charge >= 0.3 is 0 Å². The number of nitrogens with zero attached hydrogens (tertiary/aromatic N) is 2. The molecule has 0 radical (unpaired) electrons. The number of hydrogen-bond donors (Lipinski definition) is 4. The van der Waals surface area contributed by atoms with E-state index in [4.69, 9.17) is 11.5 Å². The van der Waals surface area contributed by atoms with Crippen molar-refractivity contribution in [1.82, 2.24) is 15.3 Å². The average Bonchev–Trinajstić information content (AvgIpc) is 2.87. The Morgan fingerprint density at radius 1 is 1.00 bits per heavy atom. The molecule has 2 amide bonds. The summed E-state index contributed by atoms with van der Waals surface area (Å²) < 4.78 is 14.3. The highest BCUT2D eigenvalue weighted by molar-refractivity contribution is 6.04. The van der Waals surface area contributed by atoms with Gasteiger partial charge in [-0.2, -0.15) is 0 Å². The number of allylic oxidation sites excluding steroid dienone is 2. The van der Waals surface area contributed by atoms with Gasteiger partial charge in [-0.05, 0) is 79.9 Å². The van der Waals surface area contributed by atoms with Crippen LogP contribution in [-0.4, -0.2) is 28.8 Å². The van der Waals surface area contributed by atoms with Crippen LogP contribution in [0.5, 0.6) is 0 Å². The third-order valence-electron chi connectivity index (χ3n) is 5.48. The van der Waals surface area contributed by atoms with Crippen molar-refractivity contribution in [3.05, 3.63) is 101 Å². The summed E-state index contributed by atoms with van der Waals surface area (Å²) in [6.07, 6.45) is 6.01. The smallest absolute Gasteiger partial charge is 0.269 e. The summed E-state index contributed by atoms with van der Waals surface area (Å²) in [5.41, 5.74) is 15.1. The van der Waals surface area contributed by atoms with Gasteiger partial charge in [0.05, 0.1) is 5.69 Å². The number of rotatable bonds is 7. The zero-order chi connectivity index (χ0) is 26.5. The number of carbonyl (C=O) groups excluding carboxylic acids is 2. The van der Waals surface area contributed by atoms with E-state index in [1.54, 1.807) is 30.3 Å². The van der Waals surface area contributed by atoms with Crippen LogP contribution in [0, 0.1) is 6.92 Å². The van der Waals surface area contributed by atoms with Gasteiger partial charge in [-0.1, -0.05) is 6.07 Å². The minimum Gasteiger partial charge on any atom is -0.404 e. The zero-order valence-corrected chi connectivity index (χ0v) is 20.6. The van der Waals surface area contributed by atoms with Gasteiger partial charge in [0.25, 0.3) is 11.8 Å². The van der Waals surface area contributed by atoms with Gasteiger partial charge in [0.1, 0.15) is 11.4 Å². The minimum atomic E-state index is -1.67. The molecule has 0 fully saturated rings. The molecular formula is C27H29FN6O2. The van der Waals surface area contributed by atoms with Gasteiger partial charge in [-0.3, -0.25) is 19.6 Å². The first-order valence-electron chi connectivity index (χ1n) is 11.2. The van der Waals surface area contributed by atoms with Gasteiger partial charge in [-0.25, -0.2) is 4.39 Å². The lowest BCUT2D eigenvalue weighted by Crippen LogP contribution is -2.19. The quantitative estimate of drug-likeness (QED) is 0.373. The van der Waals surface area contributed by atoms with Gasteiger partial charge in [-0.15, -0.1) is 0 Å². The number of alkyl halides is 1. The molecule has 0 spiro atoms. The summed E-state index contributed by atoms with van der Waals surface area (Å²) in [7, 11) is 1.53. The van der Waals surface area contributed by atoms with Crippen molar-refractivity contribution in [2.24, 2.45) is 11.5 Å². The van der Waals surface area contributed by atoms with E-state index in [1.165, 1.54) is 51.6 Å². The summed E-state index contributed by atoms with van der Waals surface area (Å²) in [6.45, 7) is 4.66. The maximum Gasteiger partial charge on any atom is 0.269 e. The molecule has 0 atom stereocenters. The number of carbonyl (C=O) groups is 2. The van der Waals surface area contributed by atoms with Crippen molar-refractivity contribution in [3.63, 3.8) is 0 Å². The Morgan fingerprint density at radius 3 is 2.36 bits per heavy atom. The highest BCUT2D eigenvalue weighted by Gasteiger charge is 2.22. The fraction of sp³-hybridized carbons (Fsp3) is 0.185. The van der Waals surface area contributed by atoms with E-state index in [2.05, 4.69) is 20.6 Å². The monoisotopic (exact) mass is 488 g/mol. The van der Waals surface area contributed by atoms with Crippen LogP contribution in [0.2, 0.25) is 0 Å². The van der Waals surface area contributed by atoms with Gasteiger partial charge in [0, 0.05) is 48.2 Å². The van der Waals surface area contributed by atoms with Crippen LogP contribution in [0.4, 0.5) is 10.1 Å². The lowest BCUT2D eigenvalue weighted by molar-refractivity contribution is 0.0957. The molecular weight excluding hydrogens is 459 g/mol. The van der Waals surface area contributed by atoms with E-state index in [1.807, 2.05) is 13.0 Å². The summed E-state index contributed by atoms with van der Waals surface area (Å²) in [4.78, 5) is 32.8. The Hall–Kier alpha value is -4.53. The molecule has 0 aliphatic carbocycles. The molecule has 0 unspecified atom stereocenters. The second-order valence-electron chi connectivity index (χ2n) is 8.62. The number of nitrogens with one attached hydrogen (secondary N) is 2. The van der Waals surface area contributed by atoms with E-state index < -0.39 is 11.6 Å². The number of amides is 2. The molecule has 36 heavy (non-hydrogen) atoms. The Kier molecular flexibility index (Phi) is 7.83. The Labute approximate surface area is 209 Å². The Morgan fingerprint density at radius 2 is 1.69 bits per heavy atom. The van der Waals surface area contributed by atoms with Crippen LogP contribution < -0.4 is 22.1 Å². The van der Waals surface area contributed by atoms with Crippen molar-refractivity contribution >= 4 is 28.8 Å². The lowest BCUT2D eigenvalue weighted by atomic mass is 10.00. The minimum absolute atomic E-state index is 0.170. The van der Waals surface area contributed by atoms with Gasteiger partial charge < -0.3 is 22.1 Å². The number of aromatic nitrogens is 2. The fourth-order valence-corrected chi connectivity index (χ4v) is 3.45. The molecule has 3 aromatic rings. The van der Waals surface area contributed by atoms with E-state index in [0.29, 0.717) is 28.1 Å². The molecule has 2 heterocycles. The molecule has 0 saturated heterocycles. The molecule has 1 aromatic carbocycles. The van der Waals surface area contributed by atoms with E-state index in [0.717, 1.165) is 5.56 Å². The predicted octanol–water partition coefficient (Wildman–Crippen LogP) is 3.90. The van der Waals surface area contributed by atoms with E-state index in [-0.39, 0.29) is 22.9 Å². The maximum absolute atomic E-state index is 14.3. The largest absolute Gasteiger partial charge is 0.404 e. The number of benzene rings is 1. The van der Waals surface area contributed by atoms with Crippen molar-refractivity contribution in [2.75, 3.05) is 12.4 Å². The first kappa shape index (κ1) is 26.1. The normalized spacial score (nSPS) is 12.2. The first-order valence-corrected chi connectivity index (χ1v) is 11.2. The Balaban J connectivity index is 1.88. The standard InChI is InChI=1S/C27H29FN6O2/c1-16-5-6-20(34-25(35)18-8-10-33-24(13-18)27(2,3)28)14-21(16)22(30)11-19(15-29)17-7-9-32-23(12-17)26(36)31-4/h5-15H,29-30H2,1-4H3,(H,31,36)(H,34,35)/b19-15+,22-11-. The number of aryl methyl sites for hydroxylation is 1. The van der Waals surface area contributed by atoms with Crippen LogP contribution in [0.3, 0.4) is 0 Å². The molecule has 2 aromatic heterocycles. The van der Waals surface area contributed by atoms with E-state index >= 15 is 0 Å². The summed E-state index contributed by atoms with van der Waals surface area (Å²) in [5, 5.41) is 5.36. The average molecular weight is 489 g/mol. The Bertz CT molecular complexity index is 1360. The molecule has 0 bridgehead atoms. The summed E-state index contributed by atoms with van der Waals surface area (Å²) in [6, 6.07) is 11.6. The van der Waals surface area contributed by atoms with Crippen LogP contribution >= 0.6 is 0 Å². The summed E-state index contributed by atoms with van der Waals surface area (Å²) >= 11 is 0. The molecule has 3 rings (SSSR count). The number of anilines is 1. The molecule has 8 nitrogen and oxygen atoms in total. The lowest BCUT2D eigenvalue weighted by Gasteiger charge is -2.15. The van der Waals surface area contributed by atoms with Crippen LogP contribution in [0.25, 0.3) is 11.3 Å². The third-order valence-corrected chi connectivity index (χ3v) is 5.48. The van der Waals surface area contributed by atoms with Crippen molar-refractivity contribution in [1.29, 1.82) is 0 Å². The molecule has 6 N–H and O–H groups in total. The predicted molar refractivity (Wildman–Crippen MR) is 139 cm³/mol.